The number of benzene rings is 6. The minimum absolute atomic E-state index is 0.864. The molecule has 0 unspecified atom stereocenters. The maximum atomic E-state index is 2.44. The van der Waals surface area contributed by atoms with Crippen LogP contribution in [0.25, 0.3) is 12.2 Å². The minimum Gasteiger partial charge on any atom is -0.363 e. The van der Waals surface area contributed by atoms with Crippen molar-refractivity contribution in [3.05, 3.63) is 203 Å². The molecular weight excluding hydrogens is 532 g/mol. The summed E-state index contributed by atoms with van der Waals surface area (Å²) in [4.78, 5) is 4.88. The van der Waals surface area contributed by atoms with Crippen molar-refractivity contribution in [2.45, 2.75) is 26.2 Å². The highest BCUT2D eigenvalue weighted by Crippen LogP contribution is 2.24. The first-order chi connectivity index (χ1) is 21.8. The van der Waals surface area contributed by atoms with E-state index in [1.807, 2.05) is 0 Å². The van der Waals surface area contributed by atoms with Crippen molar-refractivity contribution in [2.75, 3.05) is 9.80 Å². The topological polar surface area (TPSA) is 6.48 Å². The fourth-order valence-corrected chi connectivity index (χ4v) is 5.48. The van der Waals surface area contributed by atoms with Gasteiger partial charge in [-0.1, -0.05) is 158 Å². The molecule has 0 bridgehead atoms. The number of hydrogen-bond donors (Lipinski definition) is 0. The molecule has 0 aromatic heterocycles. The van der Waals surface area contributed by atoms with Crippen LogP contribution >= 0.6 is 0 Å². The Morgan fingerprint density at radius 1 is 0.295 bits per heavy atom. The average Bonchev–Trinajstić information content (AvgIpc) is 3.09. The van der Waals surface area contributed by atoms with Gasteiger partial charge >= 0.3 is 0 Å². The van der Waals surface area contributed by atoms with Crippen molar-refractivity contribution in [3.63, 3.8) is 0 Å². The smallest absolute Gasteiger partial charge is 0.0433 e. The van der Waals surface area contributed by atoms with Gasteiger partial charge in [0.1, 0.15) is 0 Å². The van der Waals surface area contributed by atoms with Gasteiger partial charge in [0.15, 0.2) is 0 Å². The van der Waals surface area contributed by atoms with Crippen LogP contribution in [-0.4, -0.2) is 0 Å². The van der Waals surface area contributed by atoms with E-state index in [2.05, 4.69) is 192 Å². The van der Waals surface area contributed by atoms with Gasteiger partial charge in [-0.3, -0.25) is 0 Å². The van der Waals surface area contributed by atoms with E-state index in [1.165, 1.54) is 44.8 Å². The van der Waals surface area contributed by atoms with Gasteiger partial charge < -0.3 is 9.80 Å². The number of rotatable bonds is 12. The summed E-state index contributed by atoms with van der Waals surface area (Å²) in [6.45, 7) is 3.46. The first-order valence-electron chi connectivity index (χ1n) is 15.3. The molecule has 0 atom stereocenters. The molecule has 0 radical (unpaired) electrons. The summed E-state index contributed by atoms with van der Waals surface area (Å²) >= 11 is 0. The van der Waals surface area contributed by atoms with Crippen LogP contribution < -0.4 is 9.80 Å². The zero-order valence-electron chi connectivity index (χ0n) is 25.0. The second-order valence-corrected chi connectivity index (χ2v) is 11.2. The van der Waals surface area contributed by atoms with Gasteiger partial charge in [-0.2, -0.15) is 0 Å². The predicted octanol–water partition coefficient (Wildman–Crippen LogP) is 10.3. The van der Waals surface area contributed by atoms with Crippen LogP contribution in [0.2, 0.25) is 0 Å². The summed E-state index contributed by atoms with van der Waals surface area (Å²) in [5, 5.41) is 0. The Morgan fingerprint density at radius 3 is 0.795 bits per heavy atom. The summed E-state index contributed by atoms with van der Waals surface area (Å²) in [6.07, 6.45) is 4.40. The van der Waals surface area contributed by atoms with Gasteiger partial charge in [0.25, 0.3) is 0 Å². The largest absolute Gasteiger partial charge is 0.363 e. The van der Waals surface area contributed by atoms with E-state index in [-0.39, 0.29) is 0 Å². The molecular formula is C42H38N2. The maximum Gasteiger partial charge on any atom is 0.0433 e. The molecule has 0 aliphatic rings. The van der Waals surface area contributed by atoms with Crippen molar-refractivity contribution in [2.24, 2.45) is 0 Å². The molecule has 0 saturated heterocycles. The number of anilines is 2. The zero-order valence-corrected chi connectivity index (χ0v) is 25.0. The van der Waals surface area contributed by atoms with E-state index in [0.717, 1.165) is 26.2 Å². The van der Waals surface area contributed by atoms with Crippen molar-refractivity contribution < 1.29 is 0 Å². The lowest BCUT2D eigenvalue weighted by Gasteiger charge is -2.25. The second kappa shape index (κ2) is 14.7. The van der Waals surface area contributed by atoms with E-state index in [0.29, 0.717) is 0 Å². The molecule has 2 heteroatoms. The van der Waals surface area contributed by atoms with E-state index < -0.39 is 0 Å². The summed E-state index contributed by atoms with van der Waals surface area (Å²) in [5.74, 6) is 0. The van der Waals surface area contributed by atoms with Crippen LogP contribution in [0.3, 0.4) is 0 Å². The predicted molar refractivity (Wildman–Crippen MR) is 187 cm³/mol. The molecule has 6 rings (SSSR count). The molecule has 0 heterocycles. The highest BCUT2D eigenvalue weighted by atomic mass is 15.1. The Kier molecular flexibility index (Phi) is 9.62. The number of hydrogen-bond acceptors (Lipinski definition) is 2. The van der Waals surface area contributed by atoms with Crippen LogP contribution in [0.4, 0.5) is 11.4 Å². The average molecular weight is 571 g/mol. The summed E-state index contributed by atoms with van der Waals surface area (Å²) < 4.78 is 0. The lowest BCUT2D eigenvalue weighted by molar-refractivity contribution is 0.800. The van der Waals surface area contributed by atoms with E-state index >= 15 is 0 Å². The summed E-state index contributed by atoms with van der Waals surface area (Å²) in [6, 6.07) is 60.6. The van der Waals surface area contributed by atoms with Crippen molar-refractivity contribution in [3.8, 4) is 0 Å². The van der Waals surface area contributed by atoms with Crippen LogP contribution in [-0.2, 0) is 26.2 Å². The van der Waals surface area contributed by atoms with Gasteiger partial charge in [-0.15, -0.1) is 0 Å². The Hall–Kier alpha value is -5.34. The van der Waals surface area contributed by atoms with Gasteiger partial charge in [-0.05, 0) is 57.6 Å². The first-order valence-corrected chi connectivity index (χ1v) is 15.3. The van der Waals surface area contributed by atoms with Crippen molar-refractivity contribution in [1.29, 1.82) is 0 Å². The molecule has 0 saturated carbocycles. The summed E-state index contributed by atoms with van der Waals surface area (Å²) in [7, 11) is 0. The number of nitrogens with zero attached hydrogens (tertiary/aromatic N) is 2. The Morgan fingerprint density at radius 2 is 0.545 bits per heavy atom. The summed E-state index contributed by atoms with van der Waals surface area (Å²) in [5.41, 5.74) is 10.0. The fourth-order valence-electron chi connectivity index (χ4n) is 5.48. The monoisotopic (exact) mass is 570 g/mol. The quantitative estimate of drug-likeness (QED) is 0.135. The normalized spacial score (nSPS) is 11.0. The lowest BCUT2D eigenvalue weighted by atomic mass is 10.1. The first kappa shape index (κ1) is 28.8. The third-order valence-corrected chi connectivity index (χ3v) is 7.85. The fraction of sp³-hybridized carbons (Fsp3) is 0.0952. The van der Waals surface area contributed by atoms with E-state index in [9.17, 15) is 0 Å². The zero-order chi connectivity index (χ0) is 29.8. The van der Waals surface area contributed by atoms with Crippen molar-refractivity contribution in [1.82, 2.24) is 0 Å². The van der Waals surface area contributed by atoms with Crippen LogP contribution in [0.1, 0.15) is 33.4 Å². The Balaban J connectivity index is 1.15. The molecule has 0 fully saturated rings. The third kappa shape index (κ3) is 8.14. The Bertz CT molecular complexity index is 1500. The molecule has 0 amide bonds. The van der Waals surface area contributed by atoms with Gasteiger partial charge in [0, 0.05) is 37.6 Å². The van der Waals surface area contributed by atoms with E-state index in [4.69, 9.17) is 0 Å². The third-order valence-electron chi connectivity index (χ3n) is 7.85. The van der Waals surface area contributed by atoms with Gasteiger partial charge in [0.05, 0.1) is 0 Å². The molecule has 6 aromatic carbocycles. The maximum absolute atomic E-state index is 2.44. The molecule has 0 aliphatic carbocycles. The molecule has 2 nitrogen and oxygen atoms in total. The molecule has 6 aromatic rings. The highest BCUT2D eigenvalue weighted by molar-refractivity contribution is 5.71. The van der Waals surface area contributed by atoms with Crippen LogP contribution in [0, 0.1) is 0 Å². The van der Waals surface area contributed by atoms with E-state index in [1.54, 1.807) is 0 Å². The van der Waals surface area contributed by atoms with Gasteiger partial charge in [0.2, 0.25) is 0 Å². The molecule has 216 valence electrons. The van der Waals surface area contributed by atoms with Crippen LogP contribution in [0.15, 0.2) is 170 Å². The van der Waals surface area contributed by atoms with Crippen LogP contribution in [0.5, 0.6) is 0 Å². The SMILES string of the molecule is C(=Cc1ccc(N(Cc2ccccc2)Cc2ccccc2)cc1)c1ccc(N(Cc2ccccc2)Cc2ccccc2)cc1. The minimum atomic E-state index is 0.864. The van der Waals surface area contributed by atoms with Gasteiger partial charge in [-0.25, -0.2) is 0 Å². The standard InChI is InChI=1S/C42H38N2/c1-5-13-37(14-6-1)31-43(32-38-15-7-2-8-16-38)41-27-23-35(24-28-41)21-22-36-25-29-42(30-26-36)44(33-39-17-9-3-10-18-39)34-40-19-11-4-12-20-40/h1-30H,31-34H2. The highest BCUT2D eigenvalue weighted by Gasteiger charge is 2.10. The molecule has 0 aliphatic heterocycles. The molecule has 44 heavy (non-hydrogen) atoms. The van der Waals surface area contributed by atoms with Crippen molar-refractivity contribution >= 4 is 23.5 Å². The lowest BCUT2D eigenvalue weighted by Crippen LogP contribution is -2.22. The Labute approximate surface area is 262 Å². The molecule has 0 N–H and O–H groups in total. The second-order valence-electron chi connectivity index (χ2n) is 11.2. The molecule has 0 spiro atoms.